The summed E-state index contributed by atoms with van der Waals surface area (Å²) in [6, 6.07) is 1.79. The number of nitrogens with one attached hydrogen (secondary N) is 1. The fourth-order valence-corrected chi connectivity index (χ4v) is 4.33. The number of amides is 1. The van der Waals surface area contributed by atoms with Crippen LogP contribution in [0.2, 0.25) is 0 Å². The summed E-state index contributed by atoms with van der Waals surface area (Å²) in [6.07, 6.45) is -0.121. The van der Waals surface area contributed by atoms with Crippen LogP contribution in [-0.2, 0) is 33.1 Å². The molecule has 1 amide bonds. The number of ether oxygens (including phenoxy) is 1. The molecule has 4 heterocycles. The van der Waals surface area contributed by atoms with Crippen molar-refractivity contribution in [3.8, 4) is 0 Å². The van der Waals surface area contributed by atoms with Crippen LogP contribution in [-0.4, -0.2) is 27.3 Å². The second kappa shape index (κ2) is 6.39. The minimum Gasteiger partial charge on any atom is -0.458 e. The molecule has 1 aromatic heterocycles. The molecule has 0 fully saturated rings. The number of esters is 1. The minimum atomic E-state index is -2.13. The minimum absolute atomic E-state index is 0.0211. The van der Waals surface area contributed by atoms with Gasteiger partial charge in [-0.3, -0.25) is 14.4 Å². The van der Waals surface area contributed by atoms with Crippen molar-refractivity contribution in [3.63, 3.8) is 0 Å². The molecule has 0 saturated carbocycles. The van der Waals surface area contributed by atoms with Gasteiger partial charge in [-0.1, -0.05) is 6.92 Å². The molecule has 1 unspecified atom stereocenters. The summed E-state index contributed by atoms with van der Waals surface area (Å²) in [7, 11) is 0. The van der Waals surface area contributed by atoms with Gasteiger partial charge >= 0.3 is 5.97 Å². The van der Waals surface area contributed by atoms with Crippen molar-refractivity contribution < 1.29 is 37.4 Å². The van der Waals surface area contributed by atoms with Gasteiger partial charge in [-0.2, -0.15) is 0 Å². The van der Waals surface area contributed by atoms with Crippen LogP contribution in [0.5, 0.6) is 0 Å². The Bertz CT molecular complexity index is 1390. The molecule has 11 heteroatoms. The molecule has 2 aromatic rings. The van der Waals surface area contributed by atoms with E-state index in [1.54, 1.807) is 0 Å². The quantitative estimate of drug-likeness (QED) is 0.390. The van der Waals surface area contributed by atoms with Crippen molar-refractivity contribution in [2.45, 2.75) is 32.1 Å². The normalized spacial score (nSPS) is 23.6. The number of pyridine rings is 1. The molecule has 5 rings (SSSR count). The molecule has 32 heavy (non-hydrogen) atoms. The van der Waals surface area contributed by atoms with E-state index >= 15 is 0 Å². The number of allylic oxidation sites excluding steroid dienone is 1. The van der Waals surface area contributed by atoms with Crippen LogP contribution in [0.15, 0.2) is 22.5 Å². The highest BCUT2D eigenvalue weighted by molar-refractivity contribution is 6.37. The van der Waals surface area contributed by atoms with E-state index in [1.807, 2.05) is 0 Å². The summed E-state index contributed by atoms with van der Waals surface area (Å²) in [5, 5.41) is 12.8. The Labute approximate surface area is 176 Å². The van der Waals surface area contributed by atoms with Crippen molar-refractivity contribution in [2.75, 3.05) is 5.32 Å². The average Bonchev–Trinajstić information content (AvgIpc) is 3.26. The van der Waals surface area contributed by atoms with Gasteiger partial charge in [0.1, 0.15) is 6.61 Å². The fourth-order valence-electron chi connectivity index (χ4n) is 4.33. The third-order valence-corrected chi connectivity index (χ3v) is 6.06. The molecular formula is C21H13F3N2O6. The fraction of sp³-hybridized carbons (Fsp3) is 0.238. The van der Waals surface area contributed by atoms with Crippen molar-refractivity contribution >= 4 is 28.9 Å². The predicted octanol–water partition coefficient (Wildman–Crippen LogP) is 1.52. The van der Waals surface area contributed by atoms with Crippen LogP contribution in [0, 0.1) is 17.5 Å². The number of ketones is 1. The number of benzene rings is 1. The van der Waals surface area contributed by atoms with E-state index in [2.05, 4.69) is 5.32 Å². The topological polar surface area (TPSA) is 115 Å². The van der Waals surface area contributed by atoms with Gasteiger partial charge in [0.2, 0.25) is 5.78 Å². The van der Waals surface area contributed by atoms with Crippen molar-refractivity contribution in [2.24, 2.45) is 0 Å². The highest BCUT2D eigenvalue weighted by Crippen LogP contribution is 2.41. The molecule has 0 bridgehead atoms. The van der Waals surface area contributed by atoms with Crippen molar-refractivity contribution in [1.82, 2.24) is 4.57 Å². The van der Waals surface area contributed by atoms with Crippen LogP contribution in [0.25, 0.3) is 5.57 Å². The average molecular weight is 446 g/mol. The number of nitrogens with zero attached hydrogens (tertiary/aromatic N) is 1. The Morgan fingerprint density at radius 1 is 1.16 bits per heavy atom. The summed E-state index contributed by atoms with van der Waals surface area (Å²) in [5.41, 5.74) is -4.71. The molecule has 1 atom stereocenters. The smallest absolute Gasteiger partial charge is 0.343 e. The first kappa shape index (κ1) is 20.2. The Hall–Kier alpha value is -3.73. The molecule has 0 saturated heterocycles. The van der Waals surface area contributed by atoms with Crippen LogP contribution in [0.1, 0.15) is 40.5 Å². The number of Topliss-reactive ketones (excluding diaryl/α,β-unsaturated/α-hetero) is 1. The summed E-state index contributed by atoms with van der Waals surface area (Å²) in [5.74, 6) is -7.65. The van der Waals surface area contributed by atoms with Gasteiger partial charge in [-0.15, -0.1) is 0 Å². The van der Waals surface area contributed by atoms with Gasteiger partial charge < -0.3 is 19.7 Å². The largest absolute Gasteiger partial charge is 0.458 e. The zero-order valence-electron chi connectivity index (χ0n) is 16.3. The van der Waals surface area contributed by atoms with Crippen LogP contribution in [0.4, 0.5) is 18.9 Å². The second-order valence-corrected chi connectivity index (χ2v) is 7.65. The Morgan fingerprint density at radius 3 is 2.56 bits per heavy atom. The number of aromatic nitrogens is 1. The van der Waals surface area contributed by atoms with E-state index in [0.29, 0.717) is 6.07 Å². The molecule has 8 nitrogen and oxygen atoms in total. The summed E-state index contributed by atoms with van der Waals surface area (Å²) < 4.78 is 47.5. The summed E-state index contributed by atoms with van der Waals surface area (Å²) >= 11 is 0. The highest BCUT2D eigenvalue weighted by Gasteiger charge is 2.46. The van der Waals surface area contributed by atoms with Crippen LogP contribution >= 0.6 is 0 Å². The first-order valence-electron chi connectivity index (χ1n) is 9.54. The number of cyclic esters (lactones) is 1. The lowest BCUT2D eigenvalue weighted by atomic mass is 9.86. The number of aliphatic hydroxyl groups is 1. The van der Waals surface area contributed by atoms with Crippen LogP contribution in [0.3, 0.4) is 0 Å². The Balaban J connectivity index is 1.74. The molecule has 0 radical (unpaired) electrons. The van der Waals surface area contributed by atoms with Gasteiger partial charge in [0.05, 0.1) is 29.1 Å². The molecular weight excluding hydrogens is 433 g/mol. The summed E-state index contributed by atoms with van der Waals surface area (Å²) in [6.45, 7) is 0.689. The van der Waals surface area contributed by atoms with Crippen molar-refractivity contribution in [3.05, 3.63) is 67.9 Å². The molecule has 0 spiro atoms. The SMILES string of the molecule is CCC1(O)C(=O)OCc2c1cc1n(c2=O)C/C(=C2\C(=O)Nc3c2cc(F)c(F)c3F)C1=O. The zero-order chi connectivity index (χ0) is 23.1. The highest BCUT2D eigenvalue weighted by atomic mass is 19.2. The predicted molar refractivity (Wildman–Crippen MR) is 101 cm³/mol. The number of halogens is 3. The van der Waals surface area contributed by atoms with Gasteiger partial charge in [-0.05, 0) is 18.6 Å². The van der Waals surface area contributed by atoms with Gasteiger partial charge in [0.15, 0.2) is 23.1 Å². The first-order valence-corrected chi connectivity index (χ1v) is 9.54. The number of fused-ring (bicyclic) bond motifs is 3. The molecule has 3 aliphatic heterocycles. The third kappa shape index (κ3) is 2.36. The third-order valence-electron chi connectivity index (χ3n) is 6.06. The lowest BCUT2D eigenvalue weighted by molar-refractivity contribution is -0.172. The van der Waals surface area contributed by atoms with Gasteiger partial charge in [-0.25, -0.2) is 18.0 Å². The molecule has 0 aliphatic carbocycles. The van der Waals surface area contributed by atoms with E-state index in [9.17, 15) is 37.5 Å². The number of hydrogen-bond donors (Lipinski definition) is 2. The van der Waals surface area contributed by atoms with E-state index in [-0.39, 0.29) is 40.0 Å². The molecule has 164 valence electrons. The van der Waals surface area contributed by atoms with E-state index in [1.165, 1.54) is 13.0 Å². The summed E-state index contributed by atoms with van der Waals surface area (Å²) in [4.78, 5) is 50.8. The van der Waals surface area contributed by atoms with Gasteiger partial charge in [0, 0.05) is 16.7 Å². The van der Waals surface area contributed by atoms with Crippen molar-refractivity contribution in [1.29, 1.82) is 0 Å². The Morgan fingerprint density at radius 2 is 1.88 bits per heavy atom. The number of hydrogen-bond acceptors (Lipinski definition) is 6. The first-order chi connectivity index (χ1) is 15.1. The zero-order valence-corrected chi connectivity index (χ0v) is 16.3. The van der Waals surface area contributed by atoms with E-state index in [0.717, 1.165) is 4.57 Å². The number of rotatable bonds is 1. The second-order valence-electron chi connectivity index (χ2n) is 7.65. The lowest BCUT2D eigenvalue weighted by Crippen LogP contribution is -2.44. The Kier molecular flexibility index (Phi) is 4.03. The van der Waals surface area contributed by atoms with Gasteiger partial charge in [0.25, 0.3) is 11.5 Å². The number of carbonyl (C=O) groups excluding carboxylic acids is 3. The number of carbonyl (C=O) groups is 3. The molecule has 2 N–H and O–H groups in total. The molecule has 1 aromatic carbocycles. The maximum Gasteiger partial charge on any atom is 0.343 e. The maximum atomic E-state index is 14.1. The lowest BCUT2D eigenvalue weighted by Gasteiger charge is -2.31. The molecule has 3 aliphatic rings. The maximum absolute atomic E-state index is 14.1. The standard InChI is InChI=1S/C21H13F3N2O6/c1-2-21(31)10-4-12-17(27)8(5-26(12)19(29)9(10)6-32-20(21)30)13-7-3-11(22)14(23)15(24)16(7)25-18(13)28/h3-4,31H,2,5-6H2,1H3,(H,25,28)/b13-8+. The van der Waals surface area contributed by atoms with E-state index < -0.39 is 65.1 Å². The van der Waals surface area contributed by atoms with E-state index in [4.69, 9.17) is 4.74 Å². The van der Waals surface area contributed by atoms with Crippen LogP contribution < -0.4 is 10.9 Å². The monoisotopic (exact) mass is 446 g/mol. The number of anilines is 1.